The molecule has 1 aliphatic heterocycles. The van der Waals surface area contributed by atoms with Crippen molar-refractivity contribution in [2.45, 2.75) is 26.3 Å². The van der Waals surface area contributed by atoms with E-state index < -0.39 is 0 Å². The summed E-state index contributed by atoms with van der Waals surface area (Å²) in [6.07, 6.45) is 1.39. The van der Waals surface area contributed by atoms with Gasteiger partial charge in [0.1, 0.15) is 0 Å². The molecule has 110 valence electrons. The number of amides is 1. The summed E-state index contributed by atoms with van der Waals surface area (Å²) in [4.78, 5) is 17.7. The first-order chi connectivity index (χ1) is 9.99. The molecule has 0 fully saturated rings. The lowest BCUT2D eigenvalue weighted by Gasteiger charge is -2.32. The van der Waals surface area contributed by atoms with Gasteiger partial charge in [-0.3, -0.25) is 4.79 Å². The maximum absolute atomic E-state index is 12.0. The van der Waals surface area contributed by atoms with Gasteiger partial charge < -0.3 is 4.90 Å². The minimum absolute atomic E-state index is 0.0141. The number of aryl methyl sites for hydroxylation is 2. The van der Waals surface area contributed by atoms with E-state index >= 15 is 0 Å². The molecule has 3 heterocycles. The molecule has 0 spiro atoms. The Morgan fingerprint density at radius 1 is 1.38 bits per heavy atom. The number of halogens is 1. The van der Waals surface area contributed by atoms with Crippen LogP contribution in [0.4, 0.5) is 0 Å². The van der Waals surface area contributed by atoms with Crippen molar-refractivity contribution in [3.8, 4) is 0 Å². The molecular weight excluding hydrogens is 322 g/mol. The molecule has 1 amide bonds. The van der Waals surface area contributed by atoms with Crippen molar-refractivity contribution in [1.29, 1.82) is 0 Å². The largest absolute Gasteiger partial charge is 0.333 e. The maximum atomic E-state index is 12.0. The Balaban J connectivity index is 2.07. The van der Waals surface area contributed by atoms with Gasteiger partial charge in [-0.15, -0.1) is 22.7 Å². The predicted molar refractivity (Wildman–Crippen MR) is 90.6 cm³/mol. The van der Waals surface area contributed by atoms with E-state index in [1.165, 1.54) is 31.8 Å². The third-order valence-corrected chi connectivity index (χ3v) is 6.11. The fraction of sp³-hybridized carbons (Fsp3) is 0.312. The molecule has 3 rings (SSSR count). The van der Waals surface area contributed by atoms with E-state index in [9.17, 15) is 4.79 Å². The standard InChI is InChI=1S/C16H16ClNOS2/c1-4-16(19)18-7-13(11-5-9(2)20-10(11)3)12-6-15(17)21-14(12)8-18/h4-6,13H,1,7-8H2,2-3H3/t13-/m0/s1. The molecule has 0 saturated heterocycles. The highest BCUT2D eigenvalue weighted by Gasteiger charge is 2.31. The van der Waals surface area contributed by atoms with E-state index in [0.717, 1.165) is 4.34 Å². The average molecular weight is 338 g/mol. The minimum atomic E-state index is -0.0141. The number of thiophene rings is 2. The number of carbonyl (C=O) groups is 1. The summed E-state index contributed by atoms with van der Waals surface area (Å²) in [7, 11) is 0. The molecule has 1 atom stereocenters. The molecular formula is C16H16ClNOS2. The molecule has 0 saturated carbocycles. The Labute approximate surface area is 137 Å². The molecule has 0 unspecified atom stereocenters. The quantitative estimate of drug-likeness (QED) is 0.725. The summed E-state index contributed by atoms with van der Waals surface area (Å²) in [5.74, 6) is 0.200. The van der Waals surface area contributed by atoms with Crippen molar-refractivity contribution in [3.05, 3.63) is 54.9 Å². The fourth-order valence-corrected chi connectivity index (χ4v) is 5.29. The first-order valence-electron chi connectivity index (χ1n) is 6.76. The van der Waals surface area contributed by atoms with Crippen molar-refractivity contribution < 1.29 is 4.79 Å². The van der Waals surface area contributed by atoms with E-state index in [0.29, 0.717) is 13.1 Å². The van der Waals surface area contributed by atoms with Gasteiger partial charge in [-0.1, -0.05) is 18.2 Å². The smallest absolute Gasteiger partial charge is 0.246 e. The second-order valence-electron chi connectivity index (χ2n) is 5.27. The van der Waals surface area contributed by atoms with Crippen molar-refractivity contribution in [1.82, 2.24) is 4.90 Å². The number of fused-ring (bicyclic) bond motifs is 1. The molecule has 21 heavy (non-hydrogen) atoms. The molecule has 2 nitrogen and oxygen atoms in total. The van der Waals surface area contributed by atoms with E-state index in [-0.39, 0.29) is 11.8 Å². The van der Waals surface area contributed by atoms with Crippen molar-refractivity contribution >= 4 is 40.2 Å². The van der Waals surface area contributed by atoms with Crippen LogP contribution in [0.15, 0.2) is 24.8 Å². The molecule has 2 aromatic rings. The Hall–Kier alpha value is -1.10. The topological polar surface area (TPSA) is 20.3 Å². The normalized spacial score (nSPS) is 17.7. The first kappa shape index (κ1) is 14.8. The number of hydrogen-bond acceptors (Lipinski definition) is 3. The SMILES string of the molecule is C=CC(=O)N1Cc2sc(Cl)cc2[C@H](c2cc(C)sc2C)C1. The third-order valence-electron chi connectivity index (χ3n) is 3.87. The van der Waals surface area contributed by atoms with Gasteiger partial charge in [-0.2, -0.15) is 0 Å². The molecule has 0 radical (unpaired) electrons. The second kappa shape index (κ2) is 5.59. The lowest BCUT2D eigenvalue weighted by Crippen LogP contribution is -2.36. The van der Waals surface area contributed by atoms with Crippen molar-refractivity contribution in [3.63, 3.8) is 0 Å². The van der Waals surface area contributed by atoms with E-state index in [1.807, 2.05) is 4.90 Å². The monoisotopic (exact) mass is 337 g/mol. The van der Waals surface area contributed by atoms with Gasteiger partial charge in [0.05, 0.1) is 10.9 Å². The summed E-state index contributed by atoms with van der Waals surface area (Å²) < 4.78 is 0.794. The van der Waals surface area contributed by atoms with Crippen LogP contribution in [-0.2, 0) is 11.3 Å². The van der Waals surface area contributed by atoms with Crippen LogP contribution >= 0.6 is 34.3 Å². The predicted octanol–water partition coefficient (Wildman–Crippen LogP) is 4.74. The average Bonchev–Trinajstić information content (AvgIpc) is 2.97. The van der Waals surface area contributed by atoms with Gasteiger partial charge in [-0.05, 0) is 43.2 Å². The van der Waals surface area contributed by atoms with Crippen LogP contribution in [0.25, 0.3) is 0 Å². The van der Waals surface area contributed by atoms with Crippen LogP contribution in [0.5, 0.6) is 0 Å². The second-order valence-corrected chi connectivity index (χ2v) is 8.50. The highest BCUT2D eigenvalue weighted by atomic mass is 35.5. The summed E-state index contributed by atoms with van der Waals surface area (Å²) in [6, 6.07) is 4.30. The third kappa shape index (κ3) is 2.68. The molecule has 1 aliphatic rings. The highest BCUT2D eigenvalue weighted by molar-refractivity contribution is 7.16. The van der Waals surface area contributed by atoms with E-state index in [2.05, 4.69) is 32.6 Å². The summed E-state index contributed by atoms with van der Waals surface area (Å²) in [6.45, 7) is 9.21. The Morgan fingerprint density at radius 3 is 2.76 bits per heavy atom. The summed E-state index contributed by atoms with van der Waals surface area (Å²) in [5, 5.41) is 0. The first-order valence-corrected chi connectivity index (χ1v) is 8.77. The van der Waals surface area contributed by atoms with Crippen LogP contribution in [-0.4, -0.2) is 17.4 Å². The zero-order valence-corrected chi connectivity index (χ0v) is 14.4. The van der Waals surface area contributed by atoms with Gasteiger partial charge in [0.25, 0.3) is 0 Å². The Kier molecular flexibility index (Phi) is 3.95. The fourth-order valence-electron chi connectivity index (χ4n) is 2.94. The number of rotatable bonds is 2. The molecule has 0 aliphatic carbocycles. The highest BCUT2D eigenvalue weighted by Crippen LogP contribution is 2.42. The molecule has 5 heteroatoms. The number of hydrogen-bond donors (Lipinski definition) is 0. The summed E-state index contributed by atoms with van der Waals surface area (Å²) >= 11 is 9.59. The van der Waals surface area contributed by atoms with Crippen LogP contribution in [0, 0.1) is 13.8 Å². The van der Waals surface area contributed by atoms with Gasteiger partial charge in [0.2, 0.25) is 5.91 Å². The van der Waals surface area contributed by atoms with Gasteiger partial charge in [0, 0.05) is 27.1 Å². The number of nitrogens with zero attached hydrogens (tertiary/aromatic N) is 1. The Morgan fingerprint density at radius 2 is 2.14 bits per heavy atom. The molecule has 0 aromatic carbocycles. The summed E-state index contributed by atoms with van der Waals surface area (Å²) in [5.41, 5.74) is 2.59. The van der Waals surface area contributed by atoms with Crippen LogP contribution < -0.4 is 0 Å². The zero-order valence-electron chi connectivity index (χ0n) is 12.0. The molecule has 0 bridgehead atoms. The minimum Gasteiger partial charge on any atom is -0.333 e. The Bertz CT molecular complexity index is 716. The van der Waals surface area contributed by atoms with Gasteiger partial charge in [-0.25, -0.2) is 0 Å². The van der Waals surface area contributed by atoms with Crippen LogP contribution in [0.3, 0.4) is 0 Å². The van der Waals surface area contributed by atoms with Crippen LogP contribution in [0.1, 0.15) is 31.7 Å². The van der Waals surface area contributed by atoms with Gasteiger partial charge >= 0.3 is 0 Å². The van der Waals surface area contributed by atoms with Crippen molar-refractivity contribution in [2.24, 2.45) is 0 Å². The molecule has 2 aromatic heterocycles. The van der Waals surface area contributed by atoms with E-state index in [4.69, 9.17) is 11.6 Å². The van der Waals surface area contributed by atoms with E-state index in [1.54, 1.807) is 22.7 Å². The zero-order chi connectivity index (χ0) is 15.1. The maximum Gasteiger partial charge on any atom is 0.246 e. The lowest BCUT2D eigenvalue weighted by atomic mass is 9.88. The number of carbonyl (C=O) groups excluding carboxylic acids is 1. The molecule has 0 N–H and O–H groups in total. The van der Waals surface area contributed by atoms with Gasteiger partial charge in [0.15, 0.2) is 0 Å². The van der Waals surface area contributed by atoms with Crippen molar-refractivity contribution in [2.75, 3.05) is 6.54 Å². The lowest BCUT2D eigenvalue weighted by molar-refractivity contribution is -0.127. The van der Waals surface area contributed by atoms with Crippen LogP contribution in [0.2, 0.25) is 4.34 Å².